The summed E-state index contributed by atoms with van der Waals surface area (Å²) < 4.78 is 5.09. The second kappa shape index (κ2) is 8.69. The SMILES string of the molecule is COc1ccc(NC(=O)CSc2ccc(-c3ccc(Cl)cc3)nn2)cc1. The molecule has 0 bridgehead atoms. The molecule has 1 amide bonds. The van der Waals surface area contributed by atoms with Crippen molar-refractivity contribution in [2.75, 3.05) is 18.2 Å². The summed E-state index contributed by atoms with van der Waals surface area (Å²) in [7, 11) is 1.60. The fourth-order valence-corrected chi connectivity index (χ4v) is 2.92. The first-order valence-electron chi connectivity index (χ1n) is 7.80. The number of nitrogens with zero attached hydrogens (tertiary/aromatic N) is 2. The van der Waals surface area contributed by atoms with E-state index in [0.717, 1.165) is 22.7 Å². The molecule has 0 fully saturated rings. The van der Waals surface area contributed by atoms with Crippen molar-refractivity contribution < 1.29 is 9.53 Å². The molecule has 5 nitrogen and oxygen atoms in total. The molecular formula is C19H16ClN3O2S. The standard InChI is InChI=1S/C19H16ClN3O2S/c1-25-16-8-6-15(7-9-16)21-18(24)12-26-19-11-10-17(22-23-19)13-2-4-14(20)5-3-13/h2-11H,12H2,1H3,(H,21,24). The molecule has 0 aliphatic carbocycles. The van der Waals surface area contributed by atoms with Crippen LogP contribution in [-0.4, -0.2) is 29.0 Å². The Kier molecular flexibility index (Phi) is 6.09. The first kappa shape index (κ1) is 18.2. The van der Waals surface area contributed by atoms with E-state index in [1.807, 2.05) is 36.4 Å². The van der Waals surface area contributed by atoms with Crippen LogP contribution in [-0.2, 0) is 4.79 Å². The summed E-state index contributed by atoms with van der Waals surface area (Å²) in [5.41, 5.74) is 2.42. The highest BCUT2D eigenvalue weighted by Gasteiger charge is 2.06. The van der Waals surface area contributed by atoms with E-state index < -0.39 is 0 Å². The molecule has 0 unspecified atom stereocenters. The minimum atomic E-state index is -0.108. The maximum absolute atomic E-state index is 12.0. The number of nitrogens with one attached hydrogen (secondary N) is 1. The van der Waals surface area contributed by atoms with Crippen molar-refractivity contribution in [2.24, 2.45) is 0 Å². The third-order valence-electron chi connectivity index (χ3n) is 3.50. The van der Waals surface area contributed by atoms with Crippen LogP contribution in [0.3, 0.4) is 0 Å². The summed E-state index contributed by atoms with van der Waals surface area (Å²) in [6, 6.07) is 18.3. The number of thioether (sulfide) groups is 1. The van der Waals surface area contributed by atoms with E-state index in [-0.39, 0.29) is 11.7 Å². The van der Waals surface area contributed by atoms with Crippen LogP contribution >= 0.6 is 23.4 Å². The average Bonchev–Trinajstić information content (AvgIpc) is 2.68. The average molecular weight is 386 g/mol. The zero-order valence-electron chi connectivity index (χ0n) is 14.0. The zero-order chi connectivity index (χ0) is 18.4. The predicted octanol–water partition coefficient (Wildman–Crippen LogP) is 4.54. The molecule has 0 saturated carbocycles. The maximum atomic E-state index is 12.0. The van der Waals surface area contributed by atoms with Gasteiger partial charge < -0.3 is 10.1 Å². The molecule has 2 aromatic carbocycles. The van der Waals surface area contributed by atoms with Gasteiger partial charge in [0.15, 0.2) is 0 Å². The van der Waals surface area contributed by atoms with Crippen LogP contribution in [0, 0.1) is 0 Å². The second-order valence-electron chi connectivity index (χ2n) is 5.33. The second-order valence-corrected chi connectivity index (χ2v) is 6.76. The first-order valence-corrected chi connectivity index (χ1v) is 9.17. The smallest absolute Gasteiger partial charge is 0.234 e. The van der Waals surface area contributed by atoms with E-state index in [1.165, 1.54) is 11.8 Å². The lowest BCUT2D eigenvalue weighted by Crippen LogP contribution is -2.14. The van der Waals surface area contributed by atoms with Crippen molar-refractivity contribution in [3.05, 3.63) is 65.7 Å². The van der Waals surface area contributed by atoms with Crippen molar-refractivity contribution in [3.8, 4) is 17.0 Å². The molecule has 1 heterocycles. The molecule has 0 spiro atoms. The highest BCUT2D eigenvalue weighted by atomic mass is 35.5. The van der Waals surface area contributed by atoms with E-state index in [9.17, 15) is 4.79 Å². The Morgan fingerprint density at radius 2 is 1.77 bits per heavy atom. The molecule has 3 aromatic rings. The van der Waals surface area contributed by atoms with Gasteiger partial charge in [-0.2, -0.15) is 0 Å². The van der Waals surface area contributed by atoms with E-state index in [4.69, 9.17) is 16.3 Å². The summed E-state index contributed by atoms with van der Waals surface area (Å²) in [5.74, 6) is 0.887. The quantitative estimate of drug-likeness (QED) is 0.631. The monoisotopic (exact) mass is 385 g/mol. The Bertz CT molecular complexity index is 869. The molecule has 0 radical (unpaired) electrons. The van der Waals surface area contributed by atoms with Crippen LogP contribution in [0.2, 0.25) is 5.02 Å². The van der Waals surface area contributed by atoms with Crippen molar-refractivity contribution in [2.45, 2.75) is 5.03 Å². The van der Waals surface area contributed by atoms with Crippen LogP contribution in [0.25, 0.3) is 11.3 Å². The van der Waals surface area contributed by atoms with Gasteiger partial charge in [0.25, 0.3) is 0 Å². The van der Waals surface area contributed by atoms with Gasteiger partial charge in [-0.15, -0.1) is 10.2 Å². The topological polar surface area (TPSA) is 64.1 Å². The van der Waals surface area contributed by atoms with E-state index >= 15 is 0 Å². The van der Waals surface area contributed by atoms with Gasteiger partial charge in [-0.05, 0) is 48.5 Å². The highest BCUT2D eigenvalue weighted by molar-refractivity contribution is 7.99. The number of anilines is 1. The van der Waals surface area contributed by atoms with Gasteiger partial charge in [0, 0.05) is 16.3 Å². The Balaban J connectivity index is 1.53. The molecule has 1 N–H and O–H groups in total. The molecule has 0 saturated heterocycles. The van der Waals surface area contributed by atoms with E-state index in [0.29, 0.717) is 10.0 Å². The number of benzene rings is 2. The van der Waals surface area contributed by atoms with Crippen LogP contribution in [0.1, 0.15) is 0 Å². The van der Waals surface area contributed by atoms with Gasteiger partial charge >= 0.3 is 0 Å². The van der Waals surface area contributed by atoms with Gasteiger partial charge in [-0.1, -0.05) is 35.5 Å². The minimum absolute atomic E-state index is 0.108. The third kappa shape index (κ3) is 4.97. The molecule has 132 valence electrons. The zero-order valence-corrected chi connectivity index (χ0v) is 15.6. The Morgan fingerprint density at radius 1 is 1.04 bits per heavy atom. The number of hydrogen-bond acceptors (Lipinski definition) is 5. The van der Waals surface area contributed by atoms with Gasteiger partial charge in [-0.25, -0.2) is 0 Å². The highest BCUT2D eigenvalue weighted by Crippen LogP contribution is 2.22. The summed E-state index contributed by atoms with van der Waals surface area (Å²) in [4.78, 5) is 12.0. The fourth-order valence-electron chi connectivity index (χ4n) is 2.18. The number of ether oxygens (including phenoxy) is 1. The number of carbonyl (C=O) groups is 1. The number of aromatic nitrogens is 2. The number of halogens is 1. The lowest BCUT2D eigenvalue weighted by molar-refractivity contribution is -0.113. The normalized spacial score (nSPS) is 10.4. The molecule has 26 heavy (non-hydrogen) atoms. The van der Waals surface area contributed by atoms with Crippen molar-refractivity contribution in [3.63, 3.8) is 0 Å². The molecule has 1 aromatic heterocycles. The molecule has 3 rings (SSSR count). The molecule has 0 aliphatic heterocycles. The van der Waals surface area contributed by atoms with Crippen molar-refractivity contribution in [1.29, 1.82) is 0 Å². The van der Waals surface area contributed by atoms with Crippen LogP contribution in [0.4, 0.5) is 5.69 Å². The minimum Gasteiger partial charge on any atom is -0.497 e. The number of hydrogen-bond donors (Lipinski definition) is 1. The van der Waals surface area contributed by atoms with Gasteiger partial charge in [0.1, 0.15) is 10.8 Å². The number of amides is 1. The van der Waals surface area contributed by atoms with E-state index in [1.54, 1.807) is 31.4 Å². The summed E-state index contributed by atoms with van der Waals surface area (Å²) >= 11 is 7.22. The number of methoxy groups -OCH3 is 1. The Hall–Kier alpha value is -2.57. The lowest BCUT2D eigenvalue weighted by atomic mass is 10.1. The molecule has 7 heteroatoms. The summed E-state index contributed by atoms with van der Waals surface area (Å²) in [5, 5.41) is 12.6. The number of rotatable bonds is 6. The van der Waals surface area contributed by atoms with Gasteiger partial charge in [-0.3, -0.25) is 4.79 Å². The lowest BCUT2D eigenvalue weighted by Gasteiger charge is -2.06. The van der Waals surface area contributed by atoms with Crippen LogP contribution < -0.4 is 10.1 Å². The maximum Gasteiger partial charge on any atom is 0.234 e. The van der Waals surface area contributed by atoms with E-state index in [2.05, 4.69) is 15.5 Å². The Morgan fingerprint density at radius 3 is 2.38 bits per heavy atom. The summed E-state index contributed by atoms with van der Waals surface area (Å²) in [6.07, 6.45) is 0. The predicted molar refractivity (Wildman–Crippen MR) is 105 cm³/mol. The van der Waals surface area contributed by atoms with Gasteiger partial charge in [0.2, 0.25) is 5.91 Å². The summed E-state index contributed by atoms with van der Waals surface area (Å²) in [6.45, 7) is 0. The number of carbonyl (C=O) groups excluding carboxylic acids is 1. The molecular weight excluding hydrogens is 370 g/mol. The van der Waals surface area contributed by atoms with Crippen molar-refractivity contribution >= 4 is 35.0 Å². The van der Waals surface area contributed by atoms with Crippen LogP contribution in [0.15, 0.2) is 65.7 Å². The van der Waals surface area contributed by atoms with Crippen molar-refractivity contribution in [1.82, 2.24) is 10.2 Å². The first-order chi connectivity index (χ1) is 12.6. The molecule has 0 aliphatic rings. The largest absolute Gasteiger partial charge is 0.497 e. The Labute approximate surface area is 160 Å². The third-order valence-corrected chi connectivity index (χ3v) is 4.68. The fraction of sp³-hybridized carbons (Fsp3) is 0.105. The van der Waals surface area contributed by atoms with Gasteiger partial charge in [0.05, 0.1) is 18.6 Å². The molecule has 0 atom stereocenters. The van der Waals surface area contributed by atoms with Crippen LogP contribution in [0.5, 0.6) is 5.75 Å².